The Labute approximate surface area is 121 Å². The van der Waals surface area contributed by atoms with Crippen LogP contribution < -0.4 is 0 Å². The Morgan fingerprint density at radius 1 is 1.00 bits per heavy atom. The van der Waals surface area contributed by atoms with E-state index in [-0.39, 0.29) is 5.37 Å². The van der Waals surface area contributed by atoms with Crippen molar-refractivity contribution in [3.8, 4) is 0 Å². The summed E-state index contributed by atoms with van der Waals surface area (Å²) in [5.74, 6) is -0.437. The Balaban J connectivity index is 1.87. The van der Waals surface area contributed by atoms with Crippen molar-refractivity contribution in [3.63, 3.8) is 0 Å². The van der Waals surface area contributed by atoms with E-state index in [9.17, 15) is 9.18 Å². The quantitative estimate of drug-likeness (QED) is 0.856. The van der Waals surface area contributed by atoms with Crippen molar-refractivity contribution < 1.29 is 9.18 Å². The molecular weight excluding hydrogens is 273 g/mol. The van der Waals surface area contributed by atoms with Crippen molar-refractivity contribution in [1.82, 2.24) is 4.90 Å². The summed E-state index contributed by atoms with van der Waals surface area (Å²) < 4.78 is 13.8. The number of alkyl halides is 1. The average Bonchev–Trinajstić information content (AvgIpc) is 2.78. The molecule has 0 bridgehead atoms. The molecule has 1 saturated heterocycles. The Bertz CT molecular complexity index is 590. The van der Waals surface area contributed by atoms with Crippen LogP contribution in [0.25, 0.3) is 0 Å². The molecule has 4 heteroatoms. The molecule has 2 nitrogen and oxygen atoms in total. The highest BCUT2D eigenvalue weighted by molar-refractivity contribution is 8.01. The van der Waals surface area contributed by atoms with Crippen LogP contribution in [0.15, 0.2) is 60.7 Å². The number of thioether (sulfide) groups is 1. The van der Waals surface area contributed by atoms with Gasteiger partial charge in [0.2, 0.25) is 5.50 Å². The van der Waals surface area contributed by atoms with E-state index < -0.39 is 11.4 Å². The summed E-state index contributed by atoms with van der Waals surface area (Å²) in [5, 5.41) is -0.251. The summed E-state index contributed by atoms with van der Waals surface area (Å²) in [6.07, 6.45) is 0. The molecule has 102 valence electrons. The molecule has 1 heterocycles. The van der Waals surface area contributed by atoms with Gasteiger partial charge in [-0.2, -0.15) is 0 Å². The molecule has 1 aliphatic heterocycles. The van der Waals surface area contributed by atoms with Crippen molar-refractivity contribution >= 4 is 17.7 Å². The highest BCUT2D eigenvalue weighted by Gasteiger charge is 2.41. The van der Waals surface area contributed by atoms with E-state index in [1.54, 1.807) is 4.90 Å². The fourth-order valence-electron chi connectivity index (χ4n) is 2.31. The van der Waals surface area contributed by atoms with Gasteiger partial charge < -0.3 is 4.90 Å². The molecule has 0 spiro atoms. The second-order valence-corrected chi connectivity index (χ2v) is 5.80. The molecule has 1 fully saturated rings. The molecule has 0 saturated carbocycles. The number of halogens is 1. The van der Waals surface area contributed by atoms with Gasteiger partial charge in [-0.15, -0.1) is 0 Å². The van der Waals surface area contributed by atoms with Gasteiger partial charge in [0.05, 0.1) is 0 Å². The highest BCUT2D eigenvalue weighted by atomic mass is 32.2. The summed E-state index contributed by atoms with van der Waals surface area (Å²) in [6.45, 7) is 0.437. The lowest BCUT2D eigenvalue weighted by Crippen LogP contribution is -2.29. The van der Waals surface area contributed by atoms with Crippen molar-refractivity contribution in [2.75, 3.05) is 0 Å². The number of amides is 1. The maximum absolute atomic E-state index is 13.8. The number of benzene rings is 2. The maximum Gasteiger partial charge on any atom is 0.269 e. The summed E-state index contributed by atoms with van der Waals surface area (Å²) in [6, 6.07) is 19.3. The zero-order valence-electron chi connectivity index (χ0n) is 10.8. The lowest BCUT2D eigenvalue weighted by molar-refractivity contribution is -0.133. The maximum atomic E-state index is 13.8. The third-order valence-electron chi connectivity index (χ3n) is 3.29. The van der Waals surface area contributed by atoms with Crippen molar-refractivity contribution in [1.29, 1.82) is 0 Å². The number of nitrogens with zero attached hydrogens (tertiary/aromatic N) is 1. The van der Waals surface area contributed by atoms with Gasteiger partial charge in [0.15, 0.2) is 0 Å². The third-order valence-corrected chi connectivity index (χ3v) is 4.51. The van der Waals surface area contributed by atoms with E-state index in [1.165, 1.54) is 0 Å². The number of carbonyl (C=O) groups excluding carboxylic acids is 1. The van der Waals surface area contributed by atoms with Gasteiger partial charge in [-0.25, -0.2) is 4.39 Å². The zero-order chi connectivity index (χ0) is 13.9. The normalized spacial score (nSPS) is 22.2. The summed E-state index contributed by atoms with van der Waals surface area (Å²) in [4.78, 5) is 13.6. The fourth-order valence-corrected chi connectivity index (χ4v) is 3.43. The number of carbonyl (C=O) groups is 1. The van der Waals surface area contributed by atoms with Crippen LogP contribution in [0.3, 0.4) is 0 Å². The van der Waals surface area contributed by atoms with Gasteiger partial charge in [0, 0.05) is 6.54 Å². The number of hydrogen-bond donors (Lipinski definition) is 0. The Morgan fingerprint density at radius 3 is 2.25 bits per heavy atom. The number of rotatable bonds is 3. The minimum Gasteiger partial charge on any atom is -0.319 e. The molecule has 0 N–H and O–H groups in total. The molecule has 0 aliphatic carbocycles. The van der Waals surface area contributed by atoms with Crippen LogP contribution in [0.1, 0.15) is 16.5 Å². The predicted octanol–water partition coefficient (Wildman–Crippen LogP) is 3.76. The topological polar surface area (TPSA) is 20.3 Å². The highest BCUT2D eigenvalue weighted by Crippen LogP contribution is 2.44. The summed E-state index contributed by atoms with van der Waals surface area (Å²) in [5.41, 5.74) is 0.502. The molecule has 1 aliphatic rings. The average molecular weight is 287 g/mol. The second-order valence-electron chi connectivity index (χ2n) is 4.67. The van der Waals surface area contributed by atoms with E-state index in [2.05, 4.69) is 0 Å². The monoisotopic (exact) mass is 287 g/mol. The van der Waals surface area contributed by atoms with E-state index in [1.807, 2.05) is 60.7 Å². The predicted molar refractivity (Wildman–Crippen MR) is 78.7 cm³/mol. The molecule has 2 aromatic rings. The molecule has 2 atom stereocenters. The van der Waals surface area contributed by atoms with Crippen LogP contribution in [-0.2, 0) is 11.3 Å². The first-order valence-corrected chi connectivity index (χ1v) is 7.39. The fraction of sp³-hybridized carbons (Fsp3) is 0.188. The van der Waals surface area contributed by atoms with Crippen LogP contribution in [0, 0.1) is 0 Å². The van der Waals surface area contributed by atoms with E-state index in [0.29, 0.717) is 6.54 Å². The van der Waals surface area contributed by atoms with Gasteiger partial charge in [0.25, 0.3) is 5.91 Å². The van der Waals surface area contributed by atoms with Gasteiger partial charge in [0.1, 0.15) is 5.37 Å². The molecule has 0 radical (unpaired) electrons. The van der Waals surface area contributed by atoms with Crippen LogP contribution >= 0.6 is 11.8 Å². The Hall–Kier alpha value is -1.81. The van der Waals surface area contributed by atoms with Crippen LogP contribution in [0.4, 0.5) is 4.39 Å². The van der Waals surface area contributed by atoms with Crippen molar-refractivity contribution in [3.05, 3.63) is 71.8 Å². The van der Waals surface area contributed by atoms with Crippen LogP contribution in [0.2, 0.25) is 0 Å². The lowest BCUT2D eigenvalue weighted by Gasteiger charge is -2.23. The van der Waals surface area contributed by atoms with Gasteiger partial charge >= 0.3 is 0 Å². The molecule has 0 unspecified atom stereocenters. The summed E-state index contributed by atoms with van der Waals surface area (Å²) >= 11 is 1.06. The molecule has 20 heavy (non-hydrogen) atoms. The second kappa shape index (κ2) is 5.67. The van der Waals surface area contributed by atoms with Crippen LogP contribution in [-0.4, -0.2) is 16.3 Å². The van der Waals surface area contributed by atoms with Crippen molar-refractivity contribution in [2.24, 2.45) is 0 Å². The minimum atomic E-state index is -1.47. The molecule has 3 rings (SSSR count). The summed E-state index contributed by atoms with van der Waals surface area (Å²) in [7, 11) is 0. The largest absolute Gasteiger partial charge is 0.319 e. The minimum absolute atomic E-state index is 0.251. The molecule has 0 aromatic heterocycles. The van der Waals surface area contributed by atoms with E-state index in [0.717, 1.165) is 22.9 Å². The first-order valence-electron chi connectivity index (χ1n) is 6.44. The smallest absolute Gasteiger partial charge is 0.269 e. The van der Waals surface area contributed by atoms with Crippen molar-refractivity contribution in [2.45, 2.75) is 17.4 Å². The standard InChI is InChI=1S/C16H14FNOS/c17-14-15(19)18(11-12-7-3-1-4-8-12)16(20-14)13-9-5-2-6-10-13/h1-10,14,16H,11H2/t14-,16+/m1/s1. The lowest BCUT2D eigenvalue weighted by atomic mass is 10.1. The molecule has 1 amide bonds. The molecular formula is C16H14FNOS. The Morgan fingerprint density at radius 2 is 1.60 bits per heavy atom. The van der Waals surface area contributed by atoms with E-state index in [4.69, 9.17) is 0 Å². The third kappa shape index (κ3) is 2.56. The zero-order valence-corrected chi connectivity index (χ0v) is 11.6. The Kier molecular flexibility index (Phi) is 3.74. The van der Waals surface area contributed by atoms with Gasteiger partial charge in [-0.05, 0) is 11.1 Å². The van der Waals surface area contributed by atoms with Gasteiger partial charge in [-0.3, -0.25) is 4.79 Å². The molecule has 2 aromatic carbocycles. The van der Waals surface area contributed by atoms with E-state index >= 15 is 0 Å². The van der Waals surface area contributed by atoms with Gasteiger partial charge in [-0.1, -0.05) is 72.4 Å². The SMILES string of the molecule is O=C1[C@H](F)S[C@@H](c2ccccc2)N1Cc1ccccc1. The van der Waals surface area contributed by atoms with Crippen LogP contribution in [0.5, 0.6) is 0 Å². The first-order chi connectivity index (χ1) is 9.75. The first kappa shape index (κ1) is 13.2. The number of hydrogen-bond acceptors (Lipinski definition) is 2.